The van der Waals surface area contributed by atoms with E-state index in [9.17, 15) is 0 Å². The van der Waals surface area contributed by atoms with Gasteiger partial charge in [0, 0.05) is 41.0 Å². The van der Waals surface area contributed by atoms with E-state index in [0.29, 0.717) is 34.4 Å². The van der Waals surface area contributed by atoms with Crippen LogP contribution >= 0.6 is 11.6 Å². The topological polar surface area (TPSA) is 70.2 Å². The minimum absolute atomic E-state index is 0.201. The van der Waals surface area contributed by atoms with E-state index in [0.717, 1.165) is 72.9 Å². The number of nitrogens with zero attached hydrogens (tertiary/aromatic N) is 5. The molecule has 6 rings (SSSR count). The molecule has 0 bridgehead atoms. The van der Waals surface area contributed by atoms with Crippen molar-refractivity contribution in [2.45, 2.75) is 45.6 Å². The highest BCUT2D eigenvalue weighted by molar-refractivity contribution is 6.35. The number of benzene rings is 2. The standard InChI is InChI=1S/C29H32ClFN6O/c1-17-13-23-21(15-32-35-23)24(18(17)2)25-22(30)14-20-27(26(25)31)33-29(38-16-19-9-8-10-36(19)3)34-28(20)37-11-6-4-5-7-12-37/h4-5,13-15,19H,6-12,16H2,1-3H3,(H,32,35). The first-order valence-corrected chi connectivity index (χ1v) is 13.7. The minimum atomic E-state index is -0.469. The molecule has 2 aromatic carbocycles. The summed E-state index contributed by atoms with van der Waals surface area (Å²) in [6.45, 7) is 7.07. The van der Waals surface area contributed by atoms with Gasteiger partial charge in [-0.15, -0.1) is 0 Å². The van der Waals surface area contributed by atoms with E-state index in [1.54, 1.807) is 6.20 Å². The van der Waals surface area contributed by atoms with Crippen molar-refractivity contribution < 1.29 is 9.13 Å². The van der Waals surface area contributed by atoms with Crippen molar-refractivity contribution in [1.29, 1.82) is 0 Å². The van der Waals surface area contributed by atoms with Crippen LogP contribution in [-0.4, -0.2) is 64.4 Å². The van der Waals surface area contributed by atoms with Gasteiger partial charge in [-0.05, 0) is 76.4 Å². The fraction of sp³-hybridized carbons (Fsp3) is 0.414. The molecule has 1 N–H and O–H groups in total. The quantitative estimate of drug-likeness (QED) is 0.307. The maximum atomic E-state index is 16.7. The second-order valence-electron chi connectivity index (χ2n) is 10.4. The highest BCUT2D eigenvalue weighted by Crippen LogP contribution is 2.43. The van der Waals surface area contributed by atoms with E-state index in [4.69, 9.17) is 21.3 Å². The van der Waals surface area contributed by atoms with Crippen LogP contribution < -0.4 is 9.64 Å². The fourth-order valence-corrected chi connectivity index (χ4v) is 6.01. The predicted octanol–water partition coefficient (Wildman–Crippen LogP) is 6.21. The van der Waals surface area contributed by atoms with E-state index in [-0.39, 0.29) is 11.5 Å². The summed E-state index contributed by atoms with van der Waals surface area (Å²) >= 11 is 6.89. The molecule has 0 aliphatic carbocycles. The summed E-state index contributed by atoms with van der Waals surface area (Å²) in [5.41, 5.74) is 4.09. The Hall–Kier alpha value is -3.23. The van der Waals surface area contributed by atoms with Crippen LogP contribution in [0.15, 0.2) is 30.5 Å². The van der Waals surface area contributed by atoms with Crippen LogP contribution in [0.4, 0.5) is 10.2 Å². The number of aromatic nitrogens is 4. The second kappa shape index (κ2) is 10.2. The van der Waals surface area contributed by atoms with Crippen LogP contribution in [0, 0.1) is 19.7 Å². The number of rotatable bonds is 5. The maximum Gasteiger partial charge on any atom is 0.319 e. The fourth-order valence-electron chi connectivity index (χ4n) is 5.73. The van der Waals surface area contributed by atoms with E-state index in [1.807, 2.05) is 26.0 Å². The van der Waals surface area contributed by atoms with Gasteiger partial charge in [0.25, 0.3) is 0 Å². The lowest BCUT2D eigenvalue weighted by Crippen LogP contribution is -2.31. The minimum Gasteiger partial charge on any atom is -0.462 e. The highest BCUT2D eigenvalue weighted by Gasteiger charge is 2.26. The number of likely N-dealkylation sites (tertiary alicyclic amines) is 1. The van der Waals surface area contributed by atoms with Crippen molar-refractivity contribution in [3.8, 4) is 17.1 Å². The number of nitrogens with one attached hydrogen (secondary N) is 1. The number of aryl methyl sites for hydroxylation is 1. The SMILES string of the molecule is Cc1cc2[nH]ncc2c(-c2c(Cl)cc3c(N4CCC=CCC4)nc(OCC4CCCN4C)nc3c2F)c1C. The number of likely N-dealkylation sites (N-methyl/N-ethyl adjacent to an activating group) is 1. The van der Waals surface area contributed by atoms with Gasteiger partial charge in [-0.1, -0.05) is 23.8 Å². The van der Waals surface area contributed by atoms with Gasteiger partial charge in [-0.3, -0.25) is 5.10 Å². The van der Waals surface area contributed by atoms with Crippen LogP contribution in [-0.2, 0) is 0 Å². The Kier molecular flexibility index (Phi) is 6.70. The molecule has 198 valence electrons. The smallest absolute Gasteiger partial charge is 0.319 e. The van der Waals surface area contributed by atoms with Gasteiger partial charge in [-0.25, -0.2) is 4.39 Å². The molecule has 0 radical (unpaired) electrons. The lowest BCUT2D eigenvalue weighted by atomic mass is 9.92. The third kappa shape index (κ3) is 4.39. The number of fused-ring (bicyclic) bond motifs is 2. The van der Waals surface area contributed by atoms with Gasteiger partial charge < -0.3 is 14.5 Å². The van der Waals surface area contributed by atoms with Crippen LogP contribution in [0.3, 0.4) is 0 Å². The zero-order valence-electron chi connectivity index (χ0n) is 22.0. The Morgan fingerprint density at radius 3 is 2.61 bits per heavy atom. The van der Waals surface area contributed by atoms with Crippen molar-refractivity contribution >= 4 is 39.2 Å². The normalized spacial score (nSPS) is 18.6. The van der Waals surface area contributed by atoms with Gasteiger partial charge in [0.2, 0.25) is 0 Å². The zero-order chi connectivity index (χ0) is 26.4. The molecule has 38 heavy (non-hydrogen) atoms. The number of halogens is 2. The first-order chi connectivity index (χ1) is 18.4. The number of aromatic amines is 1. The van der Waals surface area contributed by atoms with Crippen LogP contribution in [0.25, 0.3) is 32.9 Å². The maximum absolute atomic E-state index is 16.7. The Balaban J connectivity index is 1.53. The average Bonchev–Trinajstić information content (AvgIpc) is 3.44. The summed E-state index contributed by atoms with van der Waals surface area (Å²) < 4.78 is 22.8. The number of hydrogen-bond acceptors (Lipinski definition) is 6. The molecule has 1 saturated heterocycles. The molecule has 2 aromatic heterocycles. The third-order valence-electron chi connectivity index (χ3n) is 8.03. The molecular weight excluding hydrogens is 503 g/mol. The first-order valence-electron chi connectivity index (χ1n) is 13.3. The number of hydrogen-bond donors (Lipinski definition) is 1. The van der Waals surface area contributed by atoms with Crippen LogP contribution in [0.2, 0.25) is 5.02 Å². The summed E-state index contributed by atoms with van der Waals surface area (Å²) in [6, 6.07) is 4.33. The Morgan fingerprint density at radius 2 is 1.87 bits per heavy atom. The summed E-state index contributed by atoms with van der Waals surface area (Å²) in [5.74, 6) is 0.193. The molecule has 0 spiro atoms. The molecule has 2 aliphatic rings. The van der Waals surface area contributed by atoms with Crippen molar-refractivity contribution in [3.63, 3.8) is 0 Å². The van der Waals surface area contributed by atoms with Crippen molar-refractivity contribution in [2.24, 2.45) is 0 Å². The van der Waals surface area contributed by atoms with Gasteiger partial charge in [-0.2, -0.15) is 15.1 Å². The van der Waals surface area contributed by atoms with Gasteiger partial charge in [0.05, 0.1) is 16.7 Å². The van der Waals surface area contributed by atoms with Crippen molar-refractivity contribution in [2.75, 3.05) is 38.2 Å². The van der Waals surface area contributed by atoms with E-state index >= 15 is 4.39 Å². The molecule has 1 fully saturated rings. The van der Waals surface area contributed by atoms with Gasteiger partial charge in [0.1, 0.15) is 17.9 Å². The number of H-pyrrole nitrogens is 1. The highest BCUT2D eigenvalue weighted by atomic mass is 35.5. The summed E-state index contributed by atoms with van der Waals surface area (Å²) in [5, 5.41) is 8.96. The van der Waals surface area contributed by atoms with E-state index < -0.39 is 5.82 Å². The molecule has 7 nitrogen and oxygen atoms in total. The Labute approximate surface area is 226 Å². The van der Waals surface area contributed by atoms with Crippen LogP contribution in [0.5, 0.6) is 6.01 Å². The molecule has 1 unspecified atom stereocenters. The van der Waals surface area contributed by atoms with E-state index in [2.05, 4.69) is 44.2 Å². The van der Waals surface area contributed by atoms with Crippen molar-refractivity contribution in [3.05, 3.63) is 52.4 Å². The lowest BCUT2D eigenvalue weighted by molar-refractivity contribution is 0.188. The Bertz CT molecular complexity index is 1540. The molecule has 1 atom stereocenters. The lowest BCUT2D eigenvalue weighted by Gasteiger charge is -2.25. The first kappa shape index (κ1) is 25.1. The predicted molar refractivity (Wildman–Crippen MR) is 151 cm³/mol. The van der Waals surface area contributed by atoms with Crippen LogP contribution in [0.1, 0.15) is 36.8 Å². The summed E-state index contributed by atoms with van der Waals surface area (Å²) in [4.78, 5) is 13.9. The van der Waals surface area contributed by atoms with Gasteiger partial charge >= 0.3 is 6.01 Å². The molecule has 9 heteroatoms. The summed E-state index contributed by atoms with van der Waals surface area (Å²) in [7, 11) is 2.10. The molecule has 0 saturated carbocycles. The molecule has 0 amide bonds. The monoisotopic (exact) mass is 534 g/mol. The number of anilines is 1. The van der Waals surface area contributed by atoms with Crippen molar-refractivity contribution in [1.82, 2.24) is 25.1 Å². The van der Waals surface area contributed by atoms with Gasteiger partial charge in [0.15, 0.2) is 5.82 Å². The largest absolute Gasteiger partial charge is 0.462 e. The zero-order valence-corrected chi connectivity index (χ0v) is 22.8. The molecule has 2 aliphatic heterocycles. The van der Waals surface area contributed by atoms with E-state index in [1.165, 1.54) is 0 Å². The molecule has 4 aromatic rings. The second-order valence-corrected chi connectivity index (χ2v) is 10.8. The Morgan fingerprint density at radius 1 is 1.08 bits per heavy atom. The molecule has 4 heterocycles. The third-order valence-corrected chi connectivity index (χ3v) is 8.33. The average molecular weight is 535 g/mol. The molecular formula is C29H32ClFN6O. The summed E-state index contributed by atoms with van der Waals surface area (Å²) in [6.07, 6.45) is 10.1. The number of ether oxygens (including phenoxy) is 1.